The maximum Gasteiger partial charge on any atom is 0.416 e. The van der Waals surface area contributed by atoms with E-state index in [1.165, 1.54) is 12.1 Å². The van der Waals surface area contributed by atoms with E-state index in [4.69, 9.17) is 5.73 Å². The van der Waals surface area contributed by atoms with Crippen LogP contribution >= 0.6 is 0 Å². The van der Waals surface area contributed by atoms with Crippen molar-refractivity contribution in [1.82, 2.24) is 19.9 Å². The summed E-state index contributed by atoms with van der Waals surface area (Å²) >= 11 is 0. The van der Waals surface area contributed by atoms with Crippen molar-refractivity contribution in [2.24, 2.45) is 7.05 Å². The summed E-state index contributed by atoms with van der Waals surface area (Å²) in [6.07, 6.45) is -2.26. The van der Waals surface area contributed by atoms with Crippen LogP contribution in [0.25, 0.3) is 22.5 Å². The number of urea groups is 1. The molecular weight excluding hydrogens is 499 g/mol. The normalized spacial score (nSPS) is 13.0. The number of hydrogen-bond acceptors (Lipinski definition) is 5. The third kappa shape index (κ3) is 4.75. The van der Waals surface area contributed by atoms with Gasteiger partial charge < -0.3 is 26.3 Å². The molecule has 5 N–H and O–H groups in total. The molecule has 0 fully saturated rings. The molecule has 194 valence electrons. The Morgan fingerprint density at radius 2 is 1.63 bits per heavy atom. The summed E-state index contributed by atoms with van der Waals surface area (Å²) in [5, 5.41) is 8.04. The highest BCUT2D eigenvalue weighted by Gasteiger charge is 2.31. The van der Waals surface area contributed by atoms with Gasteiger partial charge in [-0.3, -0.25) is 4.79 Å². The Morgan fingerprint density at radius 3 is 2.24 bits per heavy atom. The molecule has 0 unspecified atom stereocenters. The molecule has 3 heterocycles. The molecule has 0 radical (unpaired) electrons. The number of nitrogens with one attached hydrogen (secondary N) is 3. The Bertz CT molecular complexity index is 1530. The fraction of sp³-hybridized carbons (Fsp3) is 0.154. The number of carbonyl (C=O) groups excluding carboxylic acids is 2. The zero-order valence-electron chi connectivity index (χ0n) is 20.1. The minimum absolute atomic E-state index is 0.107. The second kappa shape index (κ2) is 9.54. The zero-order chi connectivity index (χ0) is 27.0. The predicted molar refractivity (Wildman–Crippen MR) is 136 cm³/mol. The number of nitrogens with two attached hydrogens (primary N) is 1. The number of halogens is 3. The maximum absolute atomic E-state index is 12.9. The van der Waals surface area contributed by atoms with Crippen molar-refractivity contribution in [2.75, 3.05) is 22.9 Å². The van der Waals surface area contributed by atoms with Crippen LogP contribution in [0.1, 0.15) is 21.6 Å². The highest BCUT2D eigenvalue weighted by Crippen LogP contribution is 2.39. The van der Waals surface area contributed by atoms with E-state index in [1.807, 2.05) is 11.6 Å². The van der Waals surface area contributed by atoms with Gasteiger partial charge in [0.05, 0.1) is 22.5 Å². The lowest BCUT2D eigenvalue weighted by Crippen LogP contribution is -2.32. The second-order valence-electron chi connectivity index (χ2n) is 8.64. The number of benzene rings is 2. The first kappa shape index (κ1) is 24.8. The molecular formula is C26H22F3N7O2. The van der Waals surface area contributed by atoms with Gasteiger partial charge in [0.15, 0.2) is 0 Å². The fourth-order valence-electron chi connectivity index (χ4n) is 4.50. The summed E-state index contributed by atoms with van der Waals surface area (Å²) in [4.78, 5) is 33.6. The van der Waals surface area contributed by atoms with Crippen molar-refractivity contribution < 1.29 is 22.8 Å². The van der Waals surface area contributed by atoms with Crippen molar-refractivity contribution in [1.29, 1.82) is 0 Å². The summed E-state index contributed by atoms with van der Waals surface area (Å²) in [5.41, 5.74) is 9.77. The van der Waals surface area contributed by atoms with Gasteiger partial charge in [-0.15, -0.1) is 0 Å². The second-order valence-corrected chi connectivity index (χ2v) is 8.64. The molecule has 0 spiro atoms. The molecule has 3 amide bonds. The standard InChI is InChI=1S/C26H22F3N7O2/c1-36-19-11-13-31-23(37)21(19)20(22(36)18-10-12-32-24(30)35-18)14-2-6-16(7-3-14)33-25(38)34-17-8-4-15(5-9-17)26(27,28)29/h2-10,12H,11,13H2,1H3,(H,31,37)(H2,30,32,35)(H2,33,34,38). The highest BCUT2D eigenvalue weighted by atomic mass is 19.4. The first-order valence-electron chi connectivity index (χ1n) is 11.6. The Hall–Kier alpha value is -4.87. The Labute approximate surface area is 214 Å². The number of nitrogen functional groups attached to an aromatic ring is 1. The van der Waals surface area contributed by atoms with Crippen LogP contribution in [0.3, 0.4) is 0 Å². The van der Waals surface area contributed by atoms with E-state index in [0.717, 1.165) is 23.4 Å². The Balaban J connectivity index is 1.42. The third-order valence-corrected chi connectivity index (χ3v) is 6.21. The van der Waals surface area contributed by atoms with Gasteiger partial charge in [0, 0.05) is 48.8 Å². The molecule has 2 aromatic heterocycles. The van der Waals surface area contributed by atoms with E-state index < -0.39 is 17.8 Å². The van der Waals surface area contributed by atoms with Gasteiger partial charge >= 0.3 is 12.2 Å². The lowest BCUT2D eigenvalue weighted by Gasteiger charge is -2.15. The molecule has 0 saturated heterocycles. The predicted octanol–water partition coefficient (Wildman–Crippen LogP) is 4.68. The van der Waals surface area contributed by atoms with Gasteiger partial charge in [-0.2, -0.15) is 13.2 Å². The number of hydrogen-bond donors (Lipinski definition) is 4. The summed E-state index contributed by atoms with van der Waals surface area (Å²) in [5.74, 6) is -0.0843. The molecule has 5 rings (SSSR count). The van der Waals surface area contributed by atoms with Crippen LogP contribution in [0.15, 0.2) is 60.8 Å². The summed E-state index contributed by atoms with van der Waals surface area (Å²) in [6.45, 7) is 0.519. The summed E-state index contributed by atoms with van der Waals surface area (Å²) in [6, 6.07) is 12.1. The molecule has 2 aromatic carbocycles. The van der Waals surface area contributed by atoms with E-state index in [2.05, 4.69) is 25.9 Å². The van der Waals surface area contributed by atoms with Crippen LogP contribution < -0.4 is 21.7 Å². The van der Waals surface area contributed by atoms with E-state index in [-0.39, 0.29) is 17.5 Å². The van der Waals surface area contributed by atoms with E-state index in [9.17, 15) is 22.8 Å². The van der Waals surface area contributed by atoms with Crippen molar-refractivity contribution in [3.63, 3.8) is 0 Å². The van der Waals surface area contributed by atoms with Crippen LogP contribution in [0, 0.1) is 0 Å². The van der Waals surface area contributed by atoms with Crippen LogP contribution in [0.4, 0.5) is 35.3 Å². The molecule has 12 heteroatoms. The largest absolute Gasteiger partial charge is 0.416 e. The van der Waals surface area contributed by atoms with Gasteiger partial charge in [-0.25, -0.2) is 14.8 Å². The Kier molecular flexibility index (Phi) is 6.23. The summed E-state index contributed by atoms with van der Waals surface area (Å²) in [7, 11) is 1.87. The van der Waals surface area contributed by atoms with E-state index in [1.54, 1.807) is 36.5 Å². The molecule has 9 nitrogen and oxygen atoms in total. The van der Waals surface area contributed by atoms with Gasteiger partial charge in [-0.1, -0.05) is 12.1 Å². The minimum Gasteiger partial charge on any atom is -0.368 e. The zero-order valence-corrected chi connectivity index (χ0v) is 20.1. The molecule has 38 heavy (non-hydrogen) atoms. The van der Waals surface area contributed by atoms with Crippen LogP contribution in [-0.4, -0.2) is 33.0 Å². The van der Waals surface area contributed by atoms with Crippen LogP contribution in [-0.2, 0) is 19.6 Å². The van der Waals surface area contributed by atoms with E-state index >= 15 is 0 Å². The lowest BCUT2D eigenvalue weighted by molar-refractivity contribution is -0.137. The smallest absolute Gasteiger partial charge is 0.368 e. The average molecular weight is 522 g/mol. The van der Waals surface area contributed by atoms with E-state index in [0.29, 0.717) is 41.2 Å². The number of amides is 3. The number of fused-ring (bicyclic) bond motifs is 1. The number of carbonyl (C=O) groups is 2. The molecule has 0 saturated carbocycles. The monoisotopic (exact) mass is 521 g/mol. The topological polar surface area (TPSA) is 127 Å². The number of alkyl halides is 3. The molecule has 4 aromatic rings. The quantitative estimate of drug-likeness (QED) is 0.310. The molecule has 1 aliphatic heterocycles. The van der Waals surface area contributed by atoms with Crippen molar-refractivity contribution in [3.8, 4) is 22.5 Å². The number of aromatic nitrogens is 3. The third-order valence-electron chi connectivity index (χ3n) is 6.21. The van der Waals surface area contributed by atoms with Crippen LogP contribution in [0.2, 0.25) is 0 Å². The molecule has 0 aliphatic carbocycles. The summed E-state index contributed by atoms with van der Waals surface area (Å²) < 4.78 is 40.2. The SMILES string of the molecule is Cn1c2c(c(-c3ccc(NC(=O)Nc4ccc(C(F)(F)F)cc4)cc3)c1-c1ccnc(N)n1)C(=O)NCC2. The van der Waals surface area contributed by atoms with Gasteiger partial charge in [0.1, 0.15) is 0 Å². The van der Waals surface area contributed by atoms with Gasteiger partial charge in [-0.05, 0) is 48.0 Å². The number of nitrogens with zero attached hydrogens (tertiary/aromatic N) is 3. The van der Waals surface area contributed by atoms with Crippen molar-refractivity contribution in [2.45, 2.75) is 12.6 Å². The maximum atomic E-state index is 12.9. The van der Waals surface area contributed by atoms with Crippen molar-refractivity contribution >= 4 is 29.3 Å². The van der Waals surface area contributed by atoms with Crippen LogP contribution in [0.5, 0.6) is 0 Å². The van der Waals surface area contributed by atoms with Crippen molar-refractivity contribution in [3.05, 3.63) is 77.6 Å². The first-order chi connectivity index (χ1) is 18.1. The number of anilines is 3. The Morgan fingerprint density at radius 1 is 1.00 bits per heavy atom. The molecule has 0 bridgehead atoms. The highest BCUT2D eigenvalue weighted by molar-refractivity contribution is 6.07. The van der Waals surface area contributed by atoms with Gasteiger partial charge in [0.2, 0.25) is 5.95 Å². The average Bonchev–Trinajstić information content (AvgIpc) is 3.18. The van der Waals surface area contributed by atoms with Gasteiger partial charge in [0.25, 0.3) is 5.91 Å². The number of rotatable bonds is 4. The first-order valence-corrected chi connectivity index (χ1v) is 11.6. The minimum atomic E-state index is -4.46. The molecule has 1 aliphatic rings. The fourth-order valence-corrected chi connectivity index (χ4v) is 4.50. The molecule has 0 atom stereocenters. The lowest BCUT2D eigenvalue weighted by atomic mass is 9.96.